The first-order chi connectivity index (χ1) is 15.4. The Bertz CT molecular complexity index is 1060. The van der Waals surface area contributed by atoms with E-state index in [0.717, 1.165) is 25.0 Å². The molecule has 2 aromatic carbocycles. The molecular weight excluding hydrogens is 417 g/mol. The number of nitrogens with one attached hydrogen (secondary N) is 1. The largest absolute Gasteiger partial charge is 0.455 e. The van der Waals surface area contributed by atoms with Gasteiger partial charge in [0.2, 0.25) is 0 Å². The van der Waals surface area contributed by atoms with Crippen molar-refractivity contribution in [3.8, 4) is 11.5 Å². The fourth-order valence-electron chi connectivity index (χ4n) is 3.95. The van der Waals surface area contributed by atoms with Gasteiger partial charge in [0.05, 0.1) is 16.8 Å². The lowest BCUT2D eigenvalue weighted by Gasteiger charge is -2.22. The molecule has 4 nitrogen and oxygen atoms in total. The maximum absolute atomic E-state index is 13.3. The number of hydrogen-bond donors (Lipinski definition) is 1. The number of benzene rings is 2. The summed E-state index contributed by atoms with van der Waals surface area (Å²) in [7, 11) is 0. The van der Waals surface area contributed by atoms with Crippen LogP contribution in [0.5, 0.6) is 11.5 Å². The highest BCUT2D eigenvalue weighted by Gasteiger charge is 2.31. The van der Waals surface area contributed by atoms with Gasteiger partial charge in [0.1, 0.15) is 5.75 Å². The summed E-state index contributed by atoms with van der Waals surface area (Å²) in [6.45, 7) is 0. The highest BCUT2D eigenvalue weighted by atomic mass is 19.4. The van der Waals surface area contributed by atoms with Crippen molar-refractivity contribution in [1.82, 2.24) is 4.98 Å². The lowest BCUT2D eigenvalue weighted by molar-refractivity contribution is -0.137. The molecule has 3 aromatic rings. The van der Waals surface area contributed by atoms with Crippen molar-refractivity contribution in [3.63, 3.8) is 0 Å². The molecule has 7 heteroatoms. The van der Waals surface area contributed by atoms with Gasteiger partial charge in [-0.3, -0.25) is 9.78 Å². The van der Waals surface area contributed by atoms with Gasteiger partial charge in [-0.2, -0.15) is 13.2 Å². The smallest absolute Gasteiger partial charge is 0.416 e. The van der Waals surface area contributed by atoms with Crippen LogP contribution in [0, 0.1) is 0 Å². The molecule has 0 spiro atoms. The van der Waals surface area contributed by atoms with Gasteiger partial charge in [-0.25, -0.2) is 0 Å². The number of hydrogen-bond acceptors (Lipinski definition) is 3. The molecule has 1 aliphatic carbocycles. The number of aromatic nitrogens is 1. The van der Waals surface area contributed by atoms with Gasteiger partial charge in [0.15, 0.2) is 5.75 Å². The summed E-state index contributed by atoms with van der Waals surface area (Å²) >= 11 is 0. The van der Waals surface area contributed by atoms with Crippen LogP contribution in [0.15, 0.2) is 67.0 Å². The van der Waals surface area contributed by atoms with Crippen molar-refractivity contribution >= 4 is 11.6 Å². The summed E-state index contributed by atoms with van der Waals surface area (Å²) in [5.74, 6) is 0.347. The molecule has 32 heavy (non-hydrogen) atoms. The monoisotopic (exact) mass is 440 g/mol. The summed E-state index contributed by atoms with van der Waals surface area (Å²) in [4.78, 5) is 16.4. The standard InChI is InChI=1S/C25H23F3N2O2/c26-25(27,28)20-10-13-22(30-24(31)19-7-4-14-29-16-19)23(15-20)32-21-11-8-18(9-12-21)17-5-2-1-3-6-17/h4,7-17H,1-3,5-6H2,(H,30,31). The fourth-order valence-corrected chi connectivity index (χ4v) is 3.95. The van der Waals surface area contributed by atoms with Gasteiger partial charge < -0.3 is 10.1 Å². The topological polar surface area (TPSA) is 51.2 Å². The van der Waals surface area contributed by atoms with Crippen molar-refractivity contribution in [2.24, 2.45) is 0 Å². The Hall–Kier alpha value is -3.35. The Balaban J connectivity index is 1.58. The fraction of sp³-hybridized carbons (Fsp3) is 0.280. The first kappa shape index (κ1) is 21.9. The lowest BCUT2D eigenvalue weighted by atomic mass is 9.84. The highest BCUT2D eigenvalue weighted by molar-refractivity contribution is 6.04. The number of alkyl halides is 3. The molecule has 4 rings (SSSR count). The summed E-state index contributed by atoms with van der Waals surface area (Å²) in [6, 6.07) is 13.6. The second-order valence-electron chi connectivity index (χ2n) is 7.91. The summed E-state index contributed by atoms with van der Waals surface area (Å²) in [5, 5.41) is 2.62. The van der Waals surface area contributed by atoms with E-state index in [4.69, 9.17) is 4.74 Å². The molecule has 1 N–H and O–H groups in total. The predicted molar refractivity (Wildman–Crippen MR) is 116 cm³/mol. The van der Waals surface area contributed by atoms with Crippen LogP contribution in [-0.2, 0) is 6.18 Å². The molecular formula is C25H23F3N2O2. The zero-order valence-corrected chi connectivity index (χ0v) is 17.4. The quantitative estimate of drug-likeness (QED) is 0.457. The summed E-state index contributed by atoms with van der Waals surface area (Å²) in [6.07, 6.45) is 4.37. The second-order valence-corrected chi connectivity index (χ2v) is 7.91. The average Bonchev–Trinajstić information content (AvgIpc) is 2.81. The second kappa shape index (κ2) is 9.42. The molecule has 0 bridgehead atoms. The zero-order chi connectivity index (χ0) is 22.6. The minimum absolute atomic E-state index is 0.0810. The number of rotatable bonds is 5. The van der Waals surface area contributed by atoms with E-state index in [2.05, 4.69) is 10.3 Å². The van der Waals surface area contributed by atoms with Gasteiger partial charge in [0, 0.05) is 12.4 Å². The molecule has 1 amide bonds. The molecule has 1 heterocycles. The van der Waals surface area contributed by atoms with E-state index in [1.807, 2.05) is 12.1 Å². The van der Waals surface area contributed by atoms with Crippen molar-refractivity contribution < 1.29 is 22.7 Å². The average molecular weight is 440 g/mol. The molecule has 1 aromatic heterocycles. The Morgan fingerprint density at radius 3 is 2.41 bits per heavy atom. The first-order valence-corrected chi connectivity index (χ1v) is 10.6. The molecule has 0 aliphatic heterocycles. The Morgan fingerprint density at radius 1 is 1.00 bits per heavy atom. The van der Waals surface area contributed by atoms with E-state index < -0.39 is 17.6 Å². The lowest BCUT2D eigenvalue weighted by Crippen LogP contribution is -2.13. The minimum atomic E-state index is -4.53. The highest BCUT2D eigenvalue weighted by Crippen LogP contribution is 2.38. The number of ether oxygens (including phenoxy) is 1. The van der Waals surface area contributed by atoms with Crippen LogP contribution in [0.3, 0.4) is 0 Å². The number of nitrogens with zero attached hydrogens (tertiary/aromatic N) is 1. The van der Waals surface area contributed by atoms with Crippen LogP contribution in [0.4, 0.5) is 18.9 Å². The summed E-state index contributed by atoms with van der Waals surface area (Å²) in [5.41, 5.74) is 0.787. The molecule has 0 radical (unpaired) electrons. The van der Waals surface area contributed by atoms with E-state index in [1.54, 1.807) is 24.3 Å². The number of amides is 1. The summed E-state index contributed by atoms with van der Waals surface area (Å²) < 4.78 is 45.6. The molecule has 0 atom stereocenters. The molecule has 1 saturated carbocycles. The SMILES string of the molecule is O=C(Nc1ccc(C(F)(F)F)cc1Oc1ccc(C2CCCCC2)cc1)c1cccnc1. The predicted octanol–water partition coefficient (Wildman–Crippen LogP) is 7.19. The number of anilines is 1. The third kappa shape index (κ3) is 5.28. The first-order valence-electron chi connectivity index (χ1n) is 10.6. The number of carbonyl (C=O) groups excluding carboxylic acids is 1. The van der Waals surface area contributed by atoms with Crippen molar-refractivity contribution in [2.45, 2.75) is 44.2 Å². The van der Waals surface area contributed by atoms with Crippen LogP contribution >= 0.6 is 0 Å². The molecule has 1 fully saturated rings. The van der Waals surface area contributed by atoms with Gasteiger partial charge in [-0.05, 0) is 66.8 Å². The third-order valence-electron chi connectivity index (χ3n) is 5.67. The number of carbonyl (C=O) groups is 1. The van der Waals surface area contributed by atoms with Gasteiger partial charge in [0.25, 0.3) is 5.91 Å². The van der Waals surface area contributed by atoms with Crippen molar-refractivity contribution in [1.29, 1.82) is 0 Å². The Labute approximate surface area is 184 Å². The molecule has 1 aliphatic rings. The van der Waals surface area contributed by atoms with Crippen molar-refractivity contribution in [2.75, 3.05) is 5.32 Å². The normalized spacial score (nSPS) is 14.7. The van der Waals surface area contributed by atoms with E-state index in [9.17, 15) is 18.0 Å². The van der Waals surface area contributed by atoms with E-state index in [0.29, 0.717) is 11.7 Å². The van der Waals surface area contributed by atoms with Crippen LogP contribution in [0.25, 0.3) is 0 Å². The van der Waals surface area contributed by atoms with Crippen molar-refractivity contribution in [3.05, 3.63) is 83.7 Å². The maximum Gasteiger partial charge on any atom is 0.416 e. The Morgan fingerprint density at radius 2 is 1.75 bits per heavy atom. The minimum Gasteiger partial charge on any atom is -0.455 e. The van der Waals surface area contributed by atoms with Crippen LogP contribution in [0.2, 0.25) is 0 Å². The van der Waals surface area contributed by atoms with E-state index in [1.165, 1.54) is 43.3 Å². The number of halogens is 3. The van der Waals surface area contributed by atoms with E-state index in [-0.39, 0.29) is 17.0 Å². The van der Waals surface area contributed by atoms with Gasteiger partial charge in [-0.1, -0.05) is 31.4 Å². The van der Waals surface area contributed by atoms with Crippen LogP contribution < -0.4 is 10.1 Å². The van der Waals surface area contributed by atoms with Crippen LogP contribution in [0.1, 0.15) is 59.5 Å². The molecule has 0 saturated heterocycles. The zero-order valence-electron chi connectivity index (χ0n) is 17.4. The number of pyridine rings is 1. The third-order valence-corrected chi connectivity index (χ3v) is 5.67. The molecule has 166 valence electrons. The van der Waals surface area contributed by atoms with Gasteiger partial charge >= 0.3 is 6.18 Å². The molecule has 0 unspecified atom stereocenters. The van der Waals surface area contributed by atoms with E-state index >= 15 is 0 Å². The van der Waals surface area contributed by atoms with Crippen LogP contribution in [-0.4, -0.2) is 10.9 Å². The van der Waals surface area contributed by atoms with Gasteiger partial charge in [-0.15, -0.1) is 0 Å². The maximum atomic E-state index is 13.3. The Kier molecular flexibility index (Phi) is 6.44.